The molecule has 0 bridgehead atoms. The monoisotopic (exact) mass is 342 g/mol. The molecule has 0 unspecified atom stereocenters. The van der Waals surface area contributed by atoms with Gasteiger partial charge in [-0.2, -0.15) is 0 Å². The Kier molecular flexibility index (Phi) is 5.84. The lowest BCUT2D eigenvalue weighted by atomic mass is 9.96. The summed E-state index contributed by atoms with van der Waals surface area (Å²) >= 11 is 0. The van der Waals surface area contributed by atoms with Crippen LogP contribution in [0.2, 0.25) is 0 Å². The molecule has 1 aromatic rings. The lowest BCUT2D eigenvalue weighted by molar-refractivity contribution is -0.121. The number of fused-ring (bicyclic) bond motifs is 1. The summed E-state index contributed by atoms with van der Waals surface area (Å²) in [6, 6.07) is 5.72. The van der Waals surface area contributed by atoms with Crippen LogP contribution in [-0.4, -0.2) is 47.4 Å². The Balaban J connectivity index is 1.76. The van der Waals surface area contributed by atoms with Crippen LogP contribution < -0.4 is 19.5 Å². The zero-order valence-electron chi connectivity index (χ0n) is 13.3. The van der Waals surface area contributed by atoms with Gasteiger partial charge in [-0.05, 0) is 18.1 Å². The van der Waals surface area contributed by atoms with Gasteiger partial charge in [-0.25, -0.2) is 13.1 Å². The van der Waals surface area contributed by atoms with Gasteiger partial charge in [0, 0.05) is 31.5 Å². The summed E-state index contributed by atoms with van der Waals surface area (Å²) in [6.07, 6.45) is 2.01. The number of benzene rings is 1. The number of hydrogen-bond donors (Lipinski definition) is 2. The molecule has 0 spiro atoms. The van der Waals surface area contributed by atoms with Crippen molar-refractivity contribution in [1.82, 2.24) is 10.0 Å². The third-order valence-corrected chi connectivity index (χ3v) is 4.29. The number of sulfonamides is 1. The molecular weight excluding hydrogens is 320 g/mol. The molecule has 7 nitrogen and oxygen atoms in total. The molecule has 2 N–H and O–H groups in total. The zero-order valence-corrected chi connectivity index (χ0v) is 14.1. The third kappa shape index (κ3) is 5.72. The van der Waals surface area contributed by atoms with Crippen LogP contribution >= 0.6 is 0 Å². The van der Waals surface area contributed by atoms with Gasteiger partial charge in [0.2, 0.25) is 15.9 Å². The zero-order chi connectivity index (χ0) is 16.9. The van der Waals surface area contributed by atoms with E-state index in [1.165, 1.54) is 0 Å². The van der Waals surface area contributed by atoms with Crippen molar-refractivity contribution in [2.45, 2.75) is 12.8 Å². The Morgan fingerprint density at radius 3 is 2.91 bits per heavy atom. The predicted octanol–water partition coefficient (Wildman–Crippen LogP) is 0.302. The average molecular weight is 342 g/mol. The lowest BCUT2D eigenvalue weighted by Gasteiger charge is -2.25. The molecule has 1 aromatic carbocycles. The lowest BCUT2D eigenvalue weighted by Crippen LogP contribution is -2.36. The maximum atomic E-state index is 11.7. The van der Waals surface area contributed by atoms with Gasteiger partial charge >= 0.3 is 0 Å². The number of hydrogen-bond acceptors (Lipinski definition) is 5. The maximum absolute atomic E-state index is 11.7. The van der Waals surface area contributed by atoms with E-state index < -0.39 is 10.0 Å². The first-order valence-corrected chi connectivity index (χ1v) is 9.27. The van der Waals surface area contributed by atoms with Gasteiger partial charge in [0.05, 0.1) is 20.0 Å². The molecule has 8 heteroatoms. The highest BCUT2D eigenvalue weighted by Gasteiger charge is 2.20. The van der Waals surface area contributed by atoms with Gasteiger partial charge in [-0.3, -0.25) is 4.79 Å². The molecule has 1 aliphatic heterocycles. The van der Waals surface area contributed by atoms with Crippen LogP contribution in [0.25, 0.3) is 0 Å². The number of rotatable bonds is 7. The molecular formula is C15H22N2O5S. The van der Waals surface area contributed by atoms with E-state index in [9.17, 15) is 13.2 Å². The molecule has 1 heterocycles. The summed E-state index contributed by atoms with van der Waals surface area (Å²) in [7, 11) is -1.64. The van der Waals surface area contributed by atoms with Crippen LogP contribution in [0.4, 0.5) is 0 Å². The van der Waals surface area contributed by atoms with E-state index in [4.69, 9.17) is 9.47 Å². The number of ether oxygens (including phenoxy) is 2. The molecule has 0 saturated carbocycles. The Hall–Kier alpha value is -1.80. The summed E-state index contributed by atoms with van der Waals surface area (Å²) < 4.78 is 35.0. The van der Waals surface area contributed by atoms with E-state index >= 15 is 0 Å². The van der Waals surface area contributed by atoms with Crippen LogP contribution in [0.1, 0.15) is 12.0 Å². The van der Waals surface area contributed by atoms with Gasteiger partial charge in [0.25, 0.3) is 0 Å². The summed E-state index contributed by atoms with van der Waals surface area (Å²) in [4.78, 5) is 11.7. The number of carbonyl (C=O) groups is 1. The molecule has 1 atom stereocenters. The maximum Gasteiger partial charge on any atom is 0.221 e. The number of carbonyl (C=O) groups excluding carboxylic acids is 1. The van der Waals surface area contributed by atoms with E-state index in [0.29, 0.717) is 13.2 Å². The van der Waals surface area contributed by atoms with Gasteiger partial charge in [-0.15, -0.1) is 0 Å². The second-order valence-electron chi connectivity index (χ2n) is 5.58. The molecule has 23 heavy (non-hydrogen) atoms. The van der Waals surface area contributed by atoms with E-state index in [0.717, 1.165) is 29.7 Å². The van der Waals surface area contributed by atoms with E-state index in [1.807, 2.05) is 18.2 Å². The fraction of sp³-hybridized carbons (Fsp3) is 0.533. The van der Waals surface area contributed by atoms with Crippen molar-refractivity contribution >= 4 is 15.9 Å². The van der Waals surface area contributed by atoms with Gasteiger partial charge in [0.15, 0.2) is 0 Å². The van der Waals surface area contributed by atoms with Gasteiger partial charge in [0.1, 0.15) is 11.5 Å². The SMILES string of the molecule is COc1ccc2c(c1)OC[C@@H](CNC(=O)CCNS(C)(=O)=O)C2. The van der Waals surface area contributed by atoms with Crippen LogP contribution in [0.3, 0.4) is 0 Å². The highest BCUT2D eigenvalue weighted by atomic mass is 32.2. The second kappa shape index (κ2) is 7.65. The molecule has 0 aromatic heterocycles. The molecule has 0 fully saturated rings. The minimum Gasteiger partial charge on any atom is -0.497 e. The van der Waals surface area contributed by atoms with Crippen molar-refractivity contribution in [2.24, 2.45) is 5.92 Å². The Morgan fingerprint density at radius 2 is 2.22 bits per heavy atom. The molecule has 1 amide bonds. The Bertz CT molecular complexity index is 660. The quantitative estimate of drug-likeness (QED) is 0.743. The molecule has 0 aliphatic carbocycles. The normalized spacial score (nSPS) is 17.0. The van der Waals surface area contributed by atoms with Crippen molar-refractivity contribution in [2.75, 3.05) is 33.1 Å². The highest BCUT2D eigenvalue weighted by molar-refractivity contribution is 7.88. The molecule has 0 saturated heterocycles. The minimum atomic E-state index is -3.25. The smallest absolute Gasteiger partial charge is 0.221 e. The molecule has 1 aliphatic rings. The Morgan fingerprint density at radius 1 is 1.43 bits per heavy atom. The standard InChI is InChI=1S/C15H22N2O5S/c1-21-13-4-3-12-7-11(10-22-14(12)8-13)9-16-15(18)5-6-17-23(2,19)20/h3-4,8,11,17H,5-7,9-10H2,1-2H3,(H,16,18)/t11-/m1/s1. The first-order chi connectivity index (χ1) is 10.9. The van der Waals surface area contributed by atoms with E-state index in [-0.39, 0.29) is 24.8 Å². The van der Waals surface area contributed by atoms with Crippen molar-refractivity contribution in [1.29, 1.82) is 0 Å². The van der Waals surface area contributed by atoms with Crippen molar-refractivity contribution in [3.8, 4) is 11.5 Å². The van der Waals surface area contributed by atoms with E-state index in [2.05, 4.69) is 10.0 Å². The van der Waals surface area contributed by atoms with Crippen molar-refractivity contribution in [3.63, 3.8) is 0 Å². The first-order valence-electron chi connectivity index (χ1n) is 7.38. The van der Waals surface area contributed by atoms with Crippen LogP contribution in [0, 0.1) is 5.92 Å². The van der Waals surface area contributed by atoms with Gasteiger partial charge < -0.3 is 14.8 Å². The average Bonchev–Trinajstić information content (AvgIpc) is 2.51. The fourth-order valence-electron chi connectivity index (χ4n) is 2.37. The fourth-order valence-corrected chi connectivity index (χ4v) is 2.84. The summed E-state index contributed by atoms with van der Waals surface area (Å²) in [5.74, 6) is 1.60. The summed E-state index contributed by atoms with van der Waals surface area (Å²) in [5.41, 5.74) is 1.09. The van der Waals surface area contributed by atoms with Crippen LogP contribution in [0.5, 0.6) is 11.5 Å². The second-order valence-corrected chi connectivity index (χ2v) is 7.41. The largest absolute Gasteiger partial charge is 0.497 e. The first kappa shape index (κ1) is 17.6. The topological polar surface area (TPSA) is 93.7 Å². The van der Waals surface area contributed by atoms with Crippen molar-refractivity contribution in [3.05, 3.63) is 23.8 Å². The summed E-state index contributed by atoms with van der Waals surface area (Å²) in [6.45, 7) is 1.14. The van der Waals surface area contributed by atoms with Crippen LogP contribution in [-0.2, 0) is 21.2 Å². The number of methoxy groups -OCH3 is 1. The number of amides is 1. The Labute approximate surface area is 136 Å². The molecule has 0 radical (unpaired) electrons. The van der Waals surface area contributed by atoms with Crippen molar-refractivity contribution < 1.29 is 22.7 Å². The summed E-state index contributed by atoms with van der Waals surface area (Å²) in [5, 5.41) is 2.81. The minimum absolute atomic E-state index is 0.106. The highest BCUT2D eigenvalue weighted by Crippen LogP contribution is 2.30. The predicted molar refractivity (Wildman–Crippen MR) is 86.2 cm³/mol. The molecule has 128 valence electrons. The van der Waals surface area contributed by atoms with Gasteiger partial charge in [-0.1, -0.05) is 6.07 Å². The third-order valence-electron chi connectivity index (χ3n) is 3.56. The molecule has 2 rings (SSSR count). The van der Waals surface area contributed by atoms with Crippen LogP contribution in [0.15, 0.2) is 18.2 Å². The van der Waals surface area contributed by atoms with E-state index in [1.54, 1.807) is 7.11 Å². The number of nitrogens with one attached hydrogen (secondary N) is 2.